The molecule has 0 amide bonds. The molecule has 1 saturated heterocycles. The van der Waals surface area contributed by atoms with Gasteiger partial charge in [0.2, 0.25) is 0 Å². The Labute approximate surface area is 129 Å². The van der Waals surface area contributed by atoms with Gasteiger partial charge in [-0.1, -0.05) is 0 Å². The molecular weight excluding hydrogens is 284 g/mol. The van der Waals surface area contributed by atoms with Gasteiger partial charge in [0, 0.05) is 17.8 Å². The Morgan fingerprint density at radius 3 is 2.82 bits per heavy atom. The Bertz CT molecular complexity index is 710. The van der Waals surface area contributed by atoms with Gasteiger partial charge in [-0.3, -0.25) is 9.36 Å². The van der Waals surface area contributed by atoms with Gasteiger partial charge in [0.25, 0.3) is 5.91 Å². The van der Waals surface area contributed by atoms with E-state index in [2.05, 4.69) is 4.98 Å². The second kappa shape index (κ2) is 5.07. The van der Waals surface area contributed by atoms with Gasteiger partial charge in [-0.15, -0.1) is 0 Å². The number of epoxide rings is 1. The van der Waals surface area contributed by atoms with Gasteiger partial charge in [0.1, 0.15) is 12.3 Å². The van der Waals surface area contributed by atoms with Crippen LogP contribution in [0.15, 0.2) is 24.5 Å². The monoisotopic (exact) mass is 304 g/mol. The van der Waals surface area contributed by atoms with E-state index in [9.17, 15) is 4.79 Å². The molecule has 118 valence electrons. The fraction of sp³-hybridized carbons (Fsp3) is 0.500. The number of ether oxygens (including phenoxy) is 3. The molecule has 2 aromatic rings. The largest absolute Gasteiger partial charge is 0.469 e. The Morgan fingerprint density at radius 1 is 1.50 bits per heavy atom. The summed E-state index contributed by atoms with van der Waals surface area (Å²) in [4.78, 5) is 16.0. The number of pyridine rings is 1. The number of aromatic nitrogens is 2. The van der Waals surface area contributed by atoms with Crippen LogP contribution < -0.4 is 0 Å². The van der Waals surface area contributed by atoms with Crippen LogP contribution in [0.2, 0.25) is 0 Å². The molecule has 6 nitrogen and oxygen atoms in total. The van der Waals surface area contributed by atoms with Crippen molar-refractivity contribution in [3.8, 4) is 0 Å². The van der Waals surface area contributed by atoms with Crippen molar-refractivity contribution in [2.24, 2.45) is 0 Å². The number of carbonyl (C=O) groups excluding carboxylic acids is 1. The Balaban J connectivity index is 2.05. The van der Waals surface area contributed by atoms with Crippen LogP contribution in [-0.2, 0) is 31.3 Å². The van der Waals surface area contributed by atoms with Crippen molar-refractivity contribution in [1.29, 1.82) is 0 Å². The molecule has 1 fully saturated rings. The van der Waals surface area contributed by atoms with Crippen LogP contribution in [0.5, 0.6) is 0 Å². The van der Waals surface area contributed by atoms with E-state index in [4.69, 9.17) is 14.2 Å². The maximum atomic E-state index is 11.6. The van der Waals surface area contributed by atoms with Gasteiger partial charge >= 0.3 is 5.97 Å². The molecule has 22 heavy (non-hydrogen) atoms. The molecule has 1 aliphatic heterocycles. The molecule has 0 aliphatic carbocycles. The lowest BCUT2D eigenvalue weighted by Crippen LogP contribution is -2.32. The summed E-state index contributed by atoms with van der Waals surface area (Å²) in [6.07, 6.45) is 3.78. The summed E-state index contributed by atoms with van der Waals surface area (Å²) in [7, 11) is 1.38. The van der Waals surface area contributed by atoms with Crippen LogP contribution in [0.3, 0.4) is 0 Å². The van der Waals surface area contributed by atoms with Crippen molar-refractivity contribution in [2.45, 2.75) is 38.7 Å². The number of esters is 1. The summed E-state index contributed by atoms with van der Waals surface area (Å²) in [5.41, 5.74) is 1.23. The molecule has 0 radical (unpaired) electrons. The lowest BCUT2D eigenvalue weighted by atomic mass is 10.1. The van der Waals surface area contributed by atoms with Crippen molar-refractivity contribution in [3.05, 3.63) is 30.1 Å². The predicted molar refractivity (Wildman–Crippen MR) is 80.2 cm³/mol. The first-order valence-corrected chi connectivity index (χ1v) is 7.21. The zero-order chi connectivity index (χ0) is 16.0. The van der Waals surface area contributed by atoms with Crippen molar-refractivity contribution in [3.63, 3.8) is 0 Å². The Hall–Kier alpha value is -1.92. The number of hydrogen-bond acceptors (Lipinski definition) is 5. The molecule has 3 heterocycles. The molecule has 1 aliphatic rings. The Morgan fingerprint density at radius 2 is 2.23 bits per heavy atom. The molecule has 1 unspecified atom stereocenters. The van der Waals surface area contributed by atoms with E-state index in [0.717, 1.165) is 16.6 Å². The van der Waals surface area contributed by atoms with Crippen LogP contribution in [0.25, 0.3) is 11.0 Å². The highest BCUT2D eigenvalue weighted by Gasteiger charge is 2.52. The van der Waals surface area contributed by atoms with Crippen LogP contribution in [-0.4, -0.2) is 34.8 Å². The van der Waals surface area contributed by atoms with E-state index in [0.29, 0.717) is 6.61 Å². The fourth-order valence-electron chi connectivity index (χ4n) is 2.54. The minimum Gasteiger partial charge on any atom is -0.469 e. The predicted octanol–water partition coefficient (Wildman–Crippen LogP) is 2.21. The first-order chi connectivity index (χ1) is 10.3. The molecule has 1 atom stereocenters. The standard InChI is InChI=1S/C16H20N2O4/c1-15(2,3)22-16(10-21-16)18-9-11(8-13(19)20-4)12-6-5-7-17-14(12)18/h5-7,9H,8,10H2,1-4H3. The molecule has 6 heteroatoms. The van der Waals surface area contributed by atoms with Gasteiger partial charge in [0.15, 0.2) is 0 Å². The second-order valence-electron chi connectivity index (χ2n) is 6.37. The SMILES string of the molecule is COC(=O)Cc1cn(C2(OC(C)(C)C)CO2)c2ncccc12. The lowest BCUT2D eigenvalue weighted by Gasteiger charge is -2.26. The van der Waals surface area contributed by atoms with Gasteiger partial charge in [-0.2, -0.15) is 0 Å². The average Bonchev–Trinajstić information content (AvgIpc) is 3.11. The van der Waals surface area contributed by atoms with Gasteiger partial charge in [0.05, 0.1) is 19.1 Å². The molecule has 0 bridgehead atoms. The number of fused-ring (bicyclic) bond motifs is 1. The normalized spacial score (nSPS) is 21.1. The first-order valence-electron chi connectivity index (χ1n) is 7.21. The first kappa shape index (κ1) is 15.0. The van der Waals surface area contributed by atoms with E-state index >= 15 is 0 Å². The summed E-state index contributed by atoms with van der Waals surface area (Å²) in [5.74, 6) is -1.12. The number of methoxy groups -OCH3 is 1. The minimum absolute atomic E-state index is 0.192. The third kappa shape index (κ3) is 2.71. The zero-order valence-corrected chi connectivity index (χ0v) is 13.3. The van der Waals surface area contributed by atoms with E-state index < -0.39 is 5.91 Å². The van der Waals surface area contributed by atoms with Crippen molar-refractivity contribution >= 4 is 17.0 Å². The summed E-state index contributed by atoms with van der Waals surface area (Å²) in [6.45, 7) is 6.39. The van der Waals surface area contributed by atoms with Crippen molar-refractivity contribution in [2.75, 3.05) is 13.7 Å². The third-order valence-electron chi connectivity index (χ3n) is 3.43. The average molecular weight is 304 g/mol. The van der Waals surface area contributed by atoms with Crippen molar-refractivity contribution in [1.82, 2.24) is 9.55 Å². The molecular formula is C16H20N2O4. The van der Waals surface area contributed by atoms with Gasteiger partial charge in [-0.05, 0) is 38.5 Å². The van der Waals surface area contributed by atoms with E-state index in [-0.39, 0.29) is 18.0 Å². The summed E-state index contributed by atoms with van der Waals surface area (Å²) >= 11 is 0. The lowest BCUT2D eigenvalue weighted by molar-refractivity contribution is -0.171. The number of carbonyl (C=O) groups is 1. The highest BCUT2D eigenvalue weighted by molar-refractivity contribution is 5.85. The summed E-state index contributed by atoms with van der Waals surface area (Å²) < 4.78 is 18.3. The van der Waals surface area contributed by atoms with Gasteiger partial charge < -0.3 is 14.2 Å². The topological polar surface area (TPSA) is 65.9 Å². The van der Waals surface area contributed by atoms with Gasteiger partial charge in [-0.25, -0.2) is 4.98 Å². The number of nitrogens with zero attached hydrogens (tertiary/aromatic N) is 2. The summed E-state index contributed by atoms with van der Waals surface area (Å²) in [6, 6.07) is 3.78. The minimum atomic E-state index is -0.834. The highest BCUT2D eigenvalue weighted by Crippen LogP contribution is 2.41. The molecule has 0 spiro atoms. The number of hydrogen-bond donors (Lipinski definition) is 0. The second-order valence-corrected chi connectivity index (χ2v) is 6.37. The Kier molecular flexibility index (Phi) is 3.45. The zero-order valence-electron chi connectivity index (χ0n) is 13.3. The molecule has 0 saturated carbocycles. The molecule has 2 aromatic heterocycles. The fourth-order valence-corrected chi connectivity index (χ4v) is 2.54. The van der Waals surface area contributed by atoms with Crippen LogP contribution in [0.4, 0.5) is 0 Å². The quantitative estimate of drug-likeness (QED) is 0.640. The molecule has 0 aromatic carbocycles. The smallest absolute Gasteiger partial charge is 0.310 e. The van der Waals surface area contributed by atoms with Crippen LogP contribution in [0, 0.1) is 0 Å². The van der Waals surface area contributed by atoms with E-state index in [1.807, 2.05) is 43.7 Å². The summed E-state index contributed by atoms with van der Waals surface area (Å²) in [5, 5.41) is 0.903. The van der Waals surface area contributed by atoms with E-state index in [1.54, 1.807) is 6.20 Å². The molecule has 0 N–H and O–H groups in total. The van der Waals surface area contributed by atoms with E-state index in [1.165, 1.54) is 7.11 Å². The van der Waals surface area contributed by atoms with Crippen LogP contribution >= 0.6 is 0 Å². The highest BCUT2D eigenvalue weighted by atomic mass is 16.8. The number of rotatable bonds is 4. The van der Waals surface area contributed by atoms with Crippen molar-refractivity contribution < 1.29 is 19.0 Å². The maximum Gasteiger partial charge on any atom is 0.310 e. The maximum absolute atomic E-state index is 11.6. The van der Waals surface area contributed by atoms with Crippen LogP contribution in [0.1, 0.15) is 26.3 Å². The third-order valence-corrected chi connectivity index (χ3v) is 3.43. The molecule has 3 rings (SSSR count).